The van der Waals surface area contributed by atoms with Gasteiger partial charge in [-0.3, -0.25) is 0 Å². The average molecular weight is 363 g/mol. The second-order valence-corrected chi connectivity index (χ2v) is 6.85. The van der Waals surface area contributed by atoms with Crippen LogP contribution in [-0.4, -0.2) is 30.5 Å². The van der Waals surface area contributed by atoms with Gasteiger partial charge in [-0.05, 0) is 50.5 Å². The highest BCUT2D eigenvalue weighted by Crippen LogP contribution is 2.41. The molecule has 0 spiro atoms. The quantitative estimate of drug-likeness (QED) is 0.735. The van der Waals surface area contributed by atoms with Crippen molar-refractivity contribution in [2.24, 2.45) is 0 Å². The van der Waals surface area contributed by atoms with E-state index in [1.54, 1.807) is 14.2 Å². The van der Waals surface area contributed by atoms with Crippen LogP contribution < -0.4 is 14.8 Å². The molecule has 1 aromatic heterocycles. The summed E-state index contributed by atoms with van der Waals surface area (Å²) in [5.74, 6) is 2.52. The van der Waals surface area contributed by atoms with Gasteiger partial charge in [0.25, 0.3) is 0 Å². The van der Waals surface area contributed by atoms with E-state index in [1.807, 2.05) is 22.9 Å². The molecule has 2 heterocycles. The maximum absolute atomic E-state index is 5.68. The number of hydrogen-bond acceptors (Lipinski definition) is 4. The molecule has 0 radical (unpaired) electrons. The Morgan fingerprint density at radius 2 is 1.81 bits per heavy atom. The van der Waals surface area contributed by atoms with E-state index in [-0.39, 0.29) is 0 Å². The molecule has 0 saturated heterocycles. The SMILES string of the molecule is COc1cccc(-c2nn(-c3ccc(C)cc3)c3c2CCCCN3)c1OC. The molecule has 0 saturated carbocycles. The molecule has 4 rings (SSSR count). The molecule has 0 amide bonds. The molecule has 140 valence electrons. The van der Waals surface area contributed by atoms with E-state index in [0.717, 1.165) is 60.1 Å². The smallest absolute Gasteiger partial charge is 0.170 e. The Bertz CT molecular complexity index is 945. The summed E-state index contributed by atoms with van der Waals surface area (Å²) in [6.07, 6.45) is 3.28. The Morgan fingerprint density at radius 1 is 1.00 bits per heavy atom. The third-order valence-electron chi connectivity index (χ3n) is 5.07. The van der Waals surface area contributed by atoms with Gasteiger partial charge in [0.2, 0.25) is 0 Å². The highest BCUT2D eigenvalue weighted by atomic mass is 16.5. The molecule has 1 aliphatic rings. The number of aryl methyl sites for hydroxylation is 1. The monoisotopic (exact) mass is 363 g/mol. The third kappa shape index (κ3) is 3.14. The van der Waals surface area contributed by atoms with Crippen molar-refractivity contribution in [3.05, 3.63) is 53.6 Å². The Hall–Kier alpha value is -2.95. The molecular weight excluding hydrogens is 338 g/mol. The number of methoxy groups -OCH3 is 2. The first kappa shape index (κ1) is 17.5. The molecule has 0 atom stereocenters. The van der Waals surface area contributed by atoms with Crippen LogP contribution in [0.5, 0.6) is 11.5 Å². The molecule has 1 aliphatic heterocycles. The predicted octanol–water partition coefficient (Wildman–Crippen LogP) is 4.61. The molecule has 0 aliphatic carbocycles. The Balaban J connectivity index is 1.93. The number of rotatable bonds is 4. The van der Waals surface area contributed by atoms with Crippen LogP contribution in [0.25, 0.3) is 16.9 Å². The highest BCUT2D eigenvalue weighted by Gasteiger charge is 2.24. The van der Waals surface area contributed by atoms with E-state index >= 15 is 0 Å². The summed E-state index contributed by atoms with van der Waals surface area (Å²) in [5.41, 5.74) is 5.44. The molecule has 2 aromatic carbocycles. The first-order chi connectivity index (χ1) is 13.2. The van der Waals surface area contributed by atoms with Gasteiger partial charge in [-0.2, -0.15) is 5.10 Å². The topological polar surface area (TPSA) is 48.3 Å². The predicted molar refractivity (Wildman–Crippen MR) is 108 cm³/mol. The van der Waals surface area contributed by atoms with Crippen molar-refractivity contribution >= 4 is 5.82 Å². The van der Waals surface area contributed by atoms with Gasteiger partial charge in [0.1, 0.15) is 11.5 Å². The zero-order valence-corrected chi connectivity index (χ0v) is 16.1. The second kappa shape index (κ2) is 7.35. The maximum Gasteiger partial charge on any atom is 0.170 e. The van der Waals surface area contributed by atoms with Crippen molar-refractivity contribution in [2.45, 2.75) is 26.2 Å². The minimum atomic E-state index is 0.718. The van der Waals surface area contributed by atoms with Crippen LogP contribution >= 0.6 is 0 Å². The zero-order chi connectivity index (χ0) is 18.8. The van der Waals surface area contributed by atoms with Gasteiger partial charge >= 0.3 is 0 Å². The van der Waals surface area contributed by atoms with E-state index in [2.05, 4.69) is 36.5 Å². The lowest BCUT2D eigenvalue weighted by Gasteiger charge is -2.12. The second-order valence-electron chi connectivity index (χ2n) is 6.85. The zero-order valence-electron chi connectivity index (χ0n) is 16.1. The number of ether oxygens (including phenoxy) is 2. The van der Waals surface area contributed by atoms with Gasteiger partial charge in [0.15, 0.2) is 11.5 Å². The average Bonchev–Trinajstić information content (AvgIpc) is 2.88. The molecular formula is C22H25N3O2. The van der Waals surface area contributed by atoms with Crippen molar-refractivity contribution in [1.29, 1.82) is 0 Å². The summed E-state index contributed by atoms with van der Waals surface area (Å²) < 4.78 is 13.2. The fourth-order valence-corrected chi connectivity index (χ4v) is 3.67. The maximum atomic E-state index is 5.68. The van der Waals surface area contributed by atoms with Crippen LogP contribution in [0.1, 0.15) is 24.0 Å². The van der Waals surface area contributed by atoms with Crippen molar-refractivity contribution in [3.8, 4) is 28.4 Å². The van der Waals surface area contributed by atoms with Gasteiger partial charge in [-0.25, -0.2) is 4.68 Å². The van der Waals surface area contributed by atoms with Gasteiger partial charge in [-0.15, -0.1) is 0 Å². The van der Waals surface area contributed by atoms with Crippen molar-refractivity contribution in [3.63, 3.8) is 0 Å². The summed E-state index contributed by atoms with van der Waals surface area (Å²) in [6, 6.07) is 14.4. The fraction of sp³-hybridized carbons (Fsp3) is 0.318. The summed E-state index contributed by atoms with van der Waals surface area (Å²) in [4.78, 5) is 0. The minimum Gasteiger partial charge on any atom is -0.493 e. The number of hydrogen-bond donors (Lipinski definition) is 1. The summed E-state index contributed by atoms with van der Waals surface area (Å²) in [6.45, 7) is 3.05. The fourth-order valence-electron chi connectivity index (χ4n) is 3.67. The van der Waals surface area contributed by atoms with Crippen LogP contribution in [0, 0.1) is 6.92 Å². The lowest BCUT2D eigenvalue weighted by molar-refractivity contribution is 0.356. The van der Waals surface area contributed by atoms with Crippen LogP contribution in [-0.2, 0) is 6.42 Å². The van der Waals surface area contributed by atoms with Gasteiger partial charge in [0, 0.05) is 17.7 Å². The molecule has 3 aromatic rings. The number of benzene rings is 2. The number of para-hydroxylation sites is 1. The number of aromatic nitrogens is 2. The summed E-state index contributed by atoms with van der Waals surface area (Å²) in [7, 11) is 3.34. The van der Waals surface area contributed by atoms with Crippen molar-refractivity contribution in [2.75, 3.05) is 26.1 Å². The van der Waals surface area contributed by atoms with Crippen molar-refractivity contribution in [1.82, 2.24) is 9.78 Å². The number of anilines is 1. The number of nitrogens with zero attached hydrogens (tertiary/aromatic N) is 2. The first-order valence-corrected chi connectivity index (χ1v) is 9.37. The molecule has 5 nitrogen and oxygen atoms in total. The Labute approximate surface area is 159 Å². The van der Waals surface area contributed by atoms with Crippen molar-refractivity contribution < 1.29 is 9.47 Å². The van der Waals surface area contributed by atoms with Crippen LogP contribution in [0.4, 0.5) is 5.82 Å². The number of nitrogens with one attached hydrogen (secondary N) is 1. The molecule has 0 unspecified atom stereocenters. The standard InChI is InChI=1S/C22H25N3O2/c1-15-10-12-16(13-11-15)25-22-18(7-4-5-14-23-22)20(24-25)17-8-6-9-19(26-2)21(17)27-3/h6,8-13,23H,4-5,7,14H2,1-3H3. The summed E-state index contributed by atoms with van der Waals surface area (Å²) >= 11 is 0. The van der Waals surface area contributed by atoms with Gasteiger partial charge in [-0.1, -0.05) is 23.8 Å². The van der Waals surface area contributed by atoms with Crippen LogP contribution in [0.3, 0.4) is 0 Å². The van der Waals surface area contributed by atoms with E-state index in [4.69, 9.17) is 14.6 Å². The highest BCUT2D eigenvalue weighted by molar-refractivity contribution is 5.77. The lowest BCUT2D eigenvalue weighted by atomic mass is 10.0. The molecule has 1 N–H and O–H groups in total. The van der Waals surface area contributed by atoms with Crippen LogP contribution in [0.2, 0.25) is 0 Å². The minimum absolute atomic E-state index is 0.718. The molecule has 27 heavy (non-hydrogen) atoms. The Kier molecular flexibility index (Phi) is 4.75. The molecule has 0 bridgehead atoms. The van der Waals surface area contributed by atoms with E-state index in [0.29, 0.717) is 0 Å². The summed E-state index contributed by atoms with van der Waals surface area (Å²) in [5, 5.41) is 8.60. The molecule has 0 fully saturated rings. The third-order valence-corrected chi connectivity index (χ3v) is 5.07. The lowest BCUT2D eigenvalue weighted by Crippen LogP contribution is -2.07. The van der Waals surface area contributed by atoms with Crippen LogP contribution in [0.15, 0.2) is 42.5 Å². The van der Waals surface area contributed by atoms with Gasteiger partial charge in [0.05, 0.1) is 19.9 Å². The first-order valence-electron chi connectivity index (χ1n) is 9.37. The Morgan fingerprint density at radius 3 is 2.56 bits per heavy atom. The number of fused-ring (bicyclic) bond motifs is 1. The van der Waals surface area contributed by atoms with E-state index in [9.17, 15) is 0 Å². The largest absolute Gasteiger partial charge is 0.493 e. The molecule has 5 heteroatoms. The van der Waals surface area contributed by atoms with Gasteiger partial charge < -0.3 is 14.8 Å². The van der Waals surface area contributed by atoms with E-state index < -0.39 is 0 Å². The van der Waals surface area contributed by atoms with E-state index in [1.165, 1.54) is 11.1 Å². The normalized spacial score (nSPS) is 13.4.